The van der Waals surface area contributed by atoms with Crippen LogP contribution in [0, 0.1) is 0 Å². The summed E-state index contributed by atoms with van der Waals surface area (Å²) < 4.78 is 0. The monoisotopic (exact) mass is 126 g/mol. The Balaban J connectivity index is -0.00000000500. The van der Waals surface area contributed by atoms with Gasteiger partial charge in [-0.3, -0.25) is 0 Å². The molecule has 4 heteroatoms. The van der Waals surface area contributed by atoms with Gasteiger partial charge < -0.3 is 0 Å². The van der Waals surface area contributed by atoms with Crippen LogP contribution in [0.2, 0.25) is 0 Å². The van der Waals surface area contributed by atoms with Crippen LogP contribution in [0.4, 0.5) is 0 Å². The van der Waals surface area contributed by atoms with Crippen molar-refractivity contribution in [1.29, 1.82) is 0 Å². The van der Waals surface area contributed by atoms with Crippen LogP contribution in [0.25, 0.3) is 0 Å². The molecule has 0 saturated carbocycles. The minimum atomic E-state index is 0. The van der Waals surface area contributed by atoms with E-state index in [-0.39, 0.29) is 34.7 Å². The number of hydrogen-bond donors (Lipinski definition) is 0. The largest absolute Gasteiger partial charge is 0.187 e. The molecule has 0 atom stereocenters. The van der Waals surface area contributed by atoms with Crippen molar-refractivity contribution in [2.75, 3.05) is 0 Å². The molecule has 0 rings (SSSR count). The Morgan fingerprint density at radius 3 is 1.25 bits per heavy atom. The molecule has 0 aliphatic carbocycles. The van der Waals surface area contributed by atoms with Crippen molar-refractivity contribution in [3.63, 3.8) is 0 Å². The van der Waals surface area contributed by atoms with Crippen LogP contribution in [-0.4, -0.2) is 34.9 Å². The third-order valence-corrected chi connectivity index (χ3v) is 0. The fourth-order valence-corrected chi connectivity index (χ4v) is 0. The third-order valence-electron chi connectivity index (χ3n) is 0. The van der Waals surface area contributed by atoms with Gasteiger partial charge in [-0.05, 0) is 10.1 Å². The first-order valence-corrected chi connectivity index (χ1v) is 3.00. The molecule has 0 nitrogen and oxygen atoms in total. The van der Waals surface area contributed by atoms with Crippen LogP contribution in [0.15, 0.2) is 0 Å². The van der Waals surface area contributed by atoms with E-state index in [4.69, 9.17) is 0 Å². The smallest absolute Gasteiger partial charge is 0.0304 e. The molecule has 0 N–H and O–H groups in total. The van der Waals surface area contributed by atoms with Gasteiger partial charge in [0.25, 0.3) is 0 Å². The standard InChI is InChI=1S/Al.BH5Si.Cr.3H/c;1-2;;;;/h;1H2,2H3;;;;. The Labute approximate surface area is 52.4 Å². The maximum atomic E-state index is 2.14. The minimum absolute atomic E-state index is 0. The molecular formula is H8AlBCrSi. The fraction of sp³-hybridized carbons (Fsp3) is 0. The number of hydrogen-bond acceptors (Lipinski definition) is 0. The molecule has 0 saturated heterocycles. The van der Waals surface area contributed by atoms with Crippen molar-refractivity contribution in [3.05, 3.63) is 0 Å². The topological polar surface area (TPSA) is 0 Å². The molecule has 0 aromatic rings. The molecule has 0 fully saturated rings. The van der Waals surface area contributed by atoms with E-state index in [0.717, 1.165) is 0 Å². The molecule has 24 valence electrons. The normalized spacial score (nSPS) is 2.00. The molecule has 0 aromatic carbocycles. The molecular weight excluding hydrogens is 118 g/mol. The summed E-state index contributed by atoms with van der Waals surface area (Å²) in [4.78, 5) is 0. The van der Waals surface area contributed by atoms with Crippen molar-refractivity contribution in [3.8, 4) is 0 Å². The van der Waals surface area contributed by atoms with Crippen molar-refractivity contribution in [2.24, 2.45) is 0 Å². The third kappa shape index (κ3) is 10.2. The van der Waals surface area contributed by atoms with E-state index in [1.807, 2.05) is 0 Å². The van der Waals surface area contributed by atoms with Gasteiger partial charge in [0.1, 0.15) is 0 Å². The van der Waals surface area contributed by atoms with Gasteiger partial charge in [-0.25, -0.2) is 0 Å². The van der Waals surface area contributed by atoms with Gasteiger partial charge >= 0.3 is 0 Å². The molecule has 4 heavy (non-hydrogen) atoms. The van der Waals surface area contributed by atoms with Crippen LogP contribution in [0.1, 0.15) is 0 Å². The SMILES string of the molecule is B[SiH3].[AlH3].[Cr]. The second-order valence-corrected chi connectivity index (χ2v) is 0. The Morgan fingerprint density at radius 2 is 1.25 bits per heavy atom. The number of rotatable bonds is 0. The molecule has 0 spiro atoms. The van der Waals surface area contributed by atoms with Crippen molar-refractivity contribution >= 4 is 34.9 Å². The first-order valence-electron chi connectivity index (χ1n) is 1.00. The predicted molar refractivity (Wildman–Crippen MR) is 28.4 cm³/mol. The van der Waals surface area contributed by atoms with E-state index in [0.29, 0.717) is 0 Å². The van der Waals surface area contributed by atoms with Crippen LogP contribution in [0.5, 0.6) is 0 Å². The first-order chi connectivity index (χ1) is 1.00. The predicted octanol–water partition coefficient (Wildman–Crippen LogP) is -3.29. The van der Waals surface area contributed by atoms with Crippen molar-refractivity contribution in [2.45, 2.75) is 0 Å². The first kappa shape index (κ1) is 18.3. The second-order valence-electron chi connectivity index (χ2n) is 0. The van der Waals surface area contributed by atoms with E-state index in [1.165, 1.54) is 10.1 Å². The molecule has 0 aliphatic heterocycles. The summed E-state index contributed by atoms with van der Waals surface area (Å²) in [5.41, 5.74) is 0. The molecule has 0 aromatic heterocycles. The summed E-state index contributed by atoms with van der Waals surface area (Å²) in [5.74, 6) is 0. The van der Waals surface area contributed by atoms with Crippen LogP contribution in [-0.2, 0) is 17.4 Å². The Hall–Kier alpha value is 1.35. The van der Waals surface area contributed by atoms with Gasteiger partial charge in [-0.1, -0.05) is 0 Å². The average molecular weight is 126 g/mol. The van der Waals surface area contributed by atoms with E-state index in [9.17, 15) is 0 Å². The van der Waals surface area contributed by atoms with Crippen molar-refractivity contribution < 1.29 is 17.4 Å². The molecule has 0 heterocycles. The fourth-order valence-electron chi connectivity index (χ4n) is 0. The van der Waals surface area contributed by atoms with E-state index < -0.39 is 0 Å². The molecule has 0 bridgehead atoms. The van der Waals surface area contributed by atoms with E-state index >= 15 is 0 Å². The van der Waals surface area contributed by atoms with Gasteiger partial charge in [0.15, 0.2) is 17.4 Å². The summed E-state index contributed by atoms with van der Waals surface area (Å²) >= 11 is 0. The Bertz CT molecular complexity index is 8.00. The van der Waals surface area contributed by atoms with Gasteiger partial charge in [-0.2, -0.15) is 0 Å². The summed E-state index contributed by atoms with van der Waals surface area (Å²) in [5, 5.41) is 0. The zero-order valence-corrected chi connectivity index (χ0v) is 5.68. The summed E-state index contributed by atoms with van der Waals surface area (Å²) in [6.45, 7) is 0. The Kier molecular flexibility index (Phi) is 123. The molecule has 0 amide bonds. The molecule has 0 unspecified atom stereocenters. The molecule has 0 radical (unpaired) electrons. The second kappa shape index (κ2) is 26.8. The van der Waals surface area contributed by atoms with E-state index in [2.05, 4.69) is 7.44 Å². The summed E-state index contributed by atoms with van der Waals surface area (Å²) in [6, 6.07) is 0. The van der Waals surface area contributed by atoms with Crippen LogP contribution in [0.3, 0.4) is 0 Å². The van der Waals surface area contributed by atoms with Gasteiger partial charge in [0, 0.05) is 17.4 Å². The zero-order valence-electron chi connectivity index (χ0n) is 2.41. The average Bonchev–Trinajstić information content (AvgIpc) is 1.00. The zero-order chi connectivity index (χ0) is 2.00. The molecule has 0 aliphatic rings. The quantitative estimate of drug-likeness (QED) is 0.298. The van der Waals surface area contributed by atoms with Gasteiger partial charge in [0.2, 0.25) is 0 Å². The van der Waals surface area contributed by atoms with E-state index in [1.54, 1.807) is 0 Å². The minimum Gasteiger partial charge on any atom is -0.0304 e. The summed E-state index contributed by atoms with van der Waals surface area (Å²) in [6.07, 6.45) is 0. The van der Waals surface area contributed by atoms with Gasteiger partial charge in [-0.15, -0.1) is 0 Å². The Morgan fingerprint density at radius 1 is 1.25 bits per heavy atom. The van der Waals surface area contributed by atoms with Crippen molar-refractivity contribution in [1.82, 2.24) is 0 Å². The maximum absolute atomic E-state index is 2.14. The maximum Gasteiger partial charge on any atom is 0.187 e. The van der Waals surface area contributed by atoms with Crippen LogP contribution < -0.4 is 0 Å². The van der Waals surface area contributed by atoms with Gasteiger partial charge in [0.05, 0.1) is 7.44 Å². The summed E-state index contributed by atoms with van der Waals surface area (Å²) in [7, 11) is 3.44. The van der Waals surface area contributed by atoms with Crippen LogP contribution >= 0.6 is 0 Å².